The van der Waals surface area contributed by atoms with Crippen molar-refractivity contribution in [3.05, 3.63) is 35.5 Å². The van der Waals surface area contributed by atoms with Gasteiger partial charge in [-0.1, -0.05) is 0 Å². The molecule has 1 fully saturated rings. The van der Waals surface area contributed by atoms with Crippen LogP contribution in [0.3, 0.4) is 0 Å². The molecule has 2 aromatic rings. The molecule has 0 spiro atoms. The fourth-order valence-electron chi connectivity index (χ4n) is 3.13. The van der Waals surface area contributed by atoms with E-state index in [-0.39, 0.29) is 5.91 Å². The number of piperidine rings is 1. The maximum absolute atomic E-state index is 11.7. The number of carbonyl (C=O) groups excluding carboxylic acids is 1. The van der Waals surface area contributed by atoms with Gasteiger partial charge in [-0.2, -0.15) is 4.79 Å². The lowest BCUT2D eigenvalue weighted by molar-refractivity contribution is -0.128. The van der Waals surface area contributed by atoms with Crippen LogP contribution in [0.5, 0.6) is 5.75 Å². The number of rotatable bonds is 3. The highest BCUT2D eigenvalue weighted by molar-refractivity contribution is 6.23. The van der Waals surface area contributed by atoms with E-state index < -0.39 is 0 Å². The monoisotopic (exact) mass is 298 g/mol. The first kappa shape index (κ1) is 14.4. The van der Waals surface area contributed by atoms with Gasteiger partial charge < -0.3 is 20.2 Å². The lowest BCUT2D eigenvalue weighted by Gasteiger charge is -2.30. The van der Waals surface area contributed by atoms with E-state index in [1.165, 1.54) is 10.9 Å². The largest absolute Gasteiger partial charge is 0.497 e. The van der Waals surface area contributed by atoms with E-state index in [1.807, 2.05) is 12.1 Å². The number of H-pyrrole nitrogens is 1. The summed E-state index contributed by atoms with van der Waals surface area (Å²) in [6.07, 6.45) is 4.81. The molecule has 1 aliphatic heterocycles. The van der Waals surface area contributed by atoms with Gasteiger partial charge in [0.1, 0.15) is 5.75 Å². The third-order valence-electron chi connectivity index (χ3n) is 4.34. The summed E-state index contributed by atoms with van der Waals surface area (Å²) < 4.78 is 5.30. The topological polar surface area (TPSA) is 81.7 Å². The second-order valence-electron chi connectivity index (χ2n) is 5.50. The normalized spacial score (nSPS) is 15.6. The summed E-state index contributed by atoms with van der Waals surface area (Å²) in [5.74, 6) is 1.03. The Morgan fingerprint density at radius 3 is 2.91 bits per heavy atom. The van der Waals surface area contributed by atoms with Crippen molar-refractivity contribution in [2.45, 2.75) is 18.8 Å². The van der Waals surface area contributed by atoms with Crippen LogP contribution in [0.2, 0.25) is 0 Å². The number of amides is 1. The van der Waals surface area contributed by atoms with Crippen molar-refractivity contribution in [1.29, 1.82) is 0 Å². The first-order valence-corrected chi connectivity index (χ1v) is 7.34. The standard InChI is InChI=1S/C16H18N4O2/c1-22-12-2-3-15-13(8-12)14(9-18-15)11-4-6-20(7-5-11)16(21)10-19-17/h2-3,8-11,18H,4-7H2,1H3. The number of fused-ring (bicyclic) bond motifs is 1. The maximum Gasteiger partial charge on any atom is 0.344 e. The number of hydrogen-bond donors (Lipinski definition) is 1. The number of nitrogens with zero attached hydrogens (tertiary/aromatic N) is 3. The third-order valence-corrected chi connectivity index (χ3v) is 4.34. The Morgan fingerprint density at radius 2 is 2.23 bits per heavy atom. The molecule has 0 bridgehead atoms. The Balaban J connectivity index is 1.79. The molecule has 1 aromatic heterocycles. The number of aromatic amines is 1. The lowest BCUT2D eigenvalue weighted by Crippen LogP contribution is -2.38. The molecule has 6 nitrogen and oxygen atoms in total. The van der Waals surface area contributed by atoms with Gasteiger partial charge >= 0.3 is 12.1 Å². The van der Waals surface area contributed by atoms with E-state index in [2.05, 4.69) is 22.0 Å². The Morgan fingerprint density at radius 1 is 1.45 bits per heavy atom. The molecule has 114 valence electrons. The summed E-state index contributed by atoms with van der Waals surface area (Å²) in [4.78, 5) is 19.5. The average molecular weight is 298 g/mol. The van der Waals surface area contributed by atoms with E-state index in [0.717, 1.165) is 30.3 Å². The minimum Gasteiger partial charge on any atom is -0.497 e. The van der Waals surface area contributed by atoms with Crippen LogP contribution in [-0.2, 0) is 4.79 Å². The number of ether oxygens (including phenoxy) is 1. The fraction of sp³-hybridized carbons (Fsp3) is 0.375. The molecule has 1 aliphatic rings. The summed E-state index contributed by atoms with van der Waals surface area (Å²) in [7, 11) is 1.67. The minimum absolute atomic E-state index is 0.235. The third kappa shape index (κ3) is 2.61. The highest BCUT2D eigenvalue weighted by Gasteiger charge is 2.26. The molecule has 22 heavy (non-hydrogen) atoms. The minimum atomic E-state index is -0.235. The summed E-state index contributed by atoms with van der Waals surface area (Å²) in [6, 6.07) is 6.02. The van der Waals surface area contributed by atoms with E-state index in [9.17, 15) is 4.79 Å². The van der Waals surface area contributed by atoms with Crippen molar-refractivity contribution >= 4 is 23.0 Å². The highest BCUT2D eigenvalue weighted by atomic mass is 16.5. The number of benzene rings is 1. The number of carbonyl (C=O) groups is 1. The predicted octanol–water partition coefficient (Wildman–Crippen LogP) is 2.18. The Labute approximate surface area is 128 Å². The second-order valence-corrected chi connectivity index (χ2v) is 5.50. The molecule has 1 amide bonds. The van der Waals surface area contributed by atoms with Gasteiger partial charge in [-0.05, 0) is 42.5 Å². The highest BCUT2D eigenvalue weighted by Crippen LogP contribution is 2.34. The van der Waals surface area contributed by atoms with E-state index in [1.54, 1.807) is 12.0 Å². The number of likely N-dealkylation sites (tertiary alicyclic amines) is 1. The Hall–Kier alpha value is -2.59. The second kappa shape index (κ2) is 6.03. The zero-order chi connectivity index (χ0) is 15.5. The molecular formula is C16H18N4O2. The van der Waals surface area contributed by atoms with Gasteiger partial charge in [0.05, 0.1) is 7.11 Å². The molecule has 0 aliphatic carbocycles. The first-order chi connectivity index (χ1) is 10.7. The number of nitrogens with one attached hydrogen (secondary N) is 1. The smallest absolute Gasteiger partial charge is 0.344 e. The summed E-state index contributed by atoms with van der Waals surface area (Å²) >= 11 is 0. The van der Waals surface area contributed by atoms with Crippen LogP contribution in [0, 0.1) is 0 Å². The van der Waals surface area contributed by atoms with Crippen LogP contribution < -0.4 is 4.74 Å². The van der Waals surface area contributed by atoms with E-state index in [4.69, 9.17) is 10.3 Å². The van der Waals surface area contributed by atoms with Gasteiger partial charge in [-0.25, -0.2) is 0 Å². The SMILES string of the molecule is COc1ccc2[nH]cc(C3CCN(C(=O)C=[N+]=[N-])CC3)c2c1. The molecule has 1 aromatic carbocycles. The zero-order valence-electron chi connectivity index (χ0n) is 12.5. The zero-order valence-corrected chi connectivity index (χ0v) is 12.5. The lowest BCUT2D eigenvalue weighted by atomic mass is 9.89. The Bertz CT molecular complexity index is 738. The molecule has 0 unspecified atom stereocenters. The van der Waals surface area contributed by atoms with Gasteiger partial charge in [0, 0.05) is 30.2 Å². The van der Waals surface area contributed by atoms with Crippen molar-refractivity contribution in [1.82, 2.24) is 9.88 Å². The molecule has 0 saturated carbocycles. The summed E-state index contributed by atoms with van der Waals surface area (Å²) in [5, 5.41) is 1.18. The number of methoxy groups -OCH3 is 1. The van der Waals surface area contributed by atoms with Crippen LogP contribution in [-0.4, -0.2) is 47.0 Å². The molecule has 2 heterocycles. The molecular weight excluding hydrogens is 280 g/mol. The summed E-state index contributed by atoms with van der Waals surface area (Å²) in [5.41, 5.74) is 10.8. The predicted molar refractivity (Wildman–Crippen MR) is 83.1 cm³/mol. The van der Waals surface area contributed by atoms with Crippen LogP contribution >= 0.6 is 0 Å². The van der Waals surface area contributed by atoms with Crippen molar-refractivity contribution in [3.63, 3.8) is 0 Å². The molecule has 1 N–H and O–H groups in total. The molecule has 1 saturated heterocycles. The van der Waals surface area contributed by atoms with Crippen molar-refractivity contribution in [3.8, 4) is 5.75 Å². The maximum atomic E-state index is 11.7. The van der Waals surface area contributed by atoms with Gasteiger partial charge in [0.2, 0.25) is 0 Å². The van der Waals surface area contributed by atoms with Crippen molar-refractivity contribution in [2.24, 2.45) is 0 Å². The molecule has 6 heteroatoms. The van der Waals surface area contributed by atoms with Crippen LogP contribution in [0.4, 0.5) is 0 Å². The summed E-state index contributed by atoms with van der Waals surface area (Å²) in [6.45, 7) is 1.35. The van der Waals surface area contributed by atoms with E-state index in [0.29, 0.717) is 19.0 Å². The quantitative estimate of drug-likeness (QED) is 0.535. The number of hydrogen-bond acceptors (Lipinski definition) is 2. The van der Waals surface area contributed by atoms with Gasteiger partial charge in [-0.15, -0.1) is 0 Å². The molecule has 0 atom stereocenters. The van der Waals surface area contributed by atoms with Crippen LogP contribution in [0.1, 0.15) is 24.3 Å². The number of aromatic nitrogens is 1. The molecule has 3 rings (SSSR count). The first-order valence-electron chi connectivity index (χ1n) is 7.34. The van der Waals surface area contributed by atoms with E-state index >= 15 is 0 Å². The van der Waals surface area contributed by atoms with Crippen LogP contribution in [0.25, 0.3) is 16.4 Å². The van der Waals surface area contributed by atoms with Crippen LogP contribution in [0.15, 0.2) is 24.4 Å². The Kier molecular flexibility index (Phi) is 3.94. The molecule has 0 radical (unpaired) electrons. The van der Waals surface area contributed by atoms with Crippen molar-refractivity contribution < 1.29 is 14.3 Å². The van der Waals surface area contributed by atoms with Gasteiger partial charge in [-0.3, -0.25) is 4.79 Å². The van der Waals surface area contributed by atoms with Gasteiger partial charge in [0.25, 0.3) is 0 Å². The van der Waals surface area contributed by atoms with Crippen molar-refractivity contribution in [2.75, 3.05) is 20.2 Å². The van der Waals surface area contributed by atoms with Gasteiger partial charge in [0.15, 0.2) is 0 Å². The average Bonchev–Trinajstić information content (AvgIpc) is 2.98. The fourth-order valence-corrected chi connectivity index (χ4v) is 3.13.